The molecule has 0 spiro atoms. The molecule has 0 aliphatic heterocycles. The largest absolute Gasteiger partial charge is 0.337 e. The minimum Gasteiger partial charge on any atom is -0.337 e. The number of nitrogens with two attached hydrogens (primary N) is 1. The fraction of sp³-hybridized carbons (Fsp3) is 0.500. The van der Waals surface area contributed by atoms with Crippen LogP contribution in [0.4, 0.5) is 0 Å². The van der Waals surface area contributed by atoms with Crippen molar-refractivity contribution in [2.24, 2.45) is 11.7 Å². The smallest absolute Gasteiger partial charge is 0.239 e. The normalized spacial score (nSPS) is 12.5. The lowest BCUT2D eigenvalue weighted by Crippen LogP contribution is -2.46. The Kier molecular flexibility index (Phi) is 4.84. The maximum absolute atomic E-state index is 11.8. The third-order valence-corrected chi connectivity index (χ3v) is 3.47. The van der Waals surface area contributed by atoms with Crippen LogP contribution in [0.15, 0.2) is 17.5 Å². The molecule has 1 aromatic rings. The SMILES string of the molecule is CC(C)[C@H](N)C(=O)N(C)CC(=O)c1cccs1. The second kappa shape index (κ2) is 5.93. The van der Waals surface area contributed by atoms with Gasteiger partial charge in [-0.05, 0) is 17.4 Å². The highest BCUT2D eigenvalue weighted by molar-refractivity contribution is 7.12. The van der Waals surface area contributed by atoms with Gasteiger partial charge in [0, 0.05) is 7.05 Å². The topological polar surface area (TPSA) is 63.4 Å². The summed E-state index contributed by atoms with van der Waals surface area (Å²) in [5.74, 6) is -0.168. The highest BCUT2D eigenvalue weighted by Gasteiger charge is 2.22. The number of thiophene rings is 1. The van der Waals surface area contributed by atoms with Crippen molar-refractivity contribution in [2.75, 3.05) is 13.6 Å². The molecule has 1 rings (SSSR count). The molecule has 0 aliphatic carbocycles. The average molecular weight is 254 g/mol. The molecule has 0 radical (unpaired) electrons. The van der Waals surface area contributed by atoms with E-state index in [4.69, 9.17) is 5.73 Å². The molecule has 0 saturated carbocycles. The van der Waals surface area contributed by atoms with Gasteiger partial charge in [-0.25, -0.2) is 0 Å². The van der Waals surface area contributed by atoms with Crippen LogP contribution in [0.5, 0.6) is 0 Å². The number of ketones is 1. The van der Waals surface area contributed by atoms with Gasteiger partial charge >= 0.3 is 0 Å². The molecule has 1 aromatic heterocycles. The molecule has 17 heavy (non-hydrogen) atoms. The van der Waals surface area contributed by atoms with Crippen LogP contribution in [-0.4, -0.2) is 36.2 Å². The number of Topliss-reactive ketones (excluding diaryl/α,β-unsaturated/α-hetero) is 1. The fourth-order valence-electron chi connectivity index (χ4n) is 1.35. The zero-order chi connectivity index (χ0) is 13.0. The van der Waals surface area contributed by atoms with Gasteiger partial charge < -0.3 is 10.6 Å². The minimum absolute atomic E-state index is 0.0493. The first kappa shape index (κ1) is 13.9. The summed E-state index contributed by atoms with van der Waals surface area (Å²) in [6.45, 7) is 3.86. The van der Waals surface area contributed by atoms with Gasteiger partial charge in [-0.3, -0.25) is 9.59 Å². The van der Waals surface area contributed by atoms with E-state index in [1.807, 2.05) is 25.3 Å². The zero-order valence-corrected chi connectivity index (χ0v) is 11.2. The van der Waals surface area contributed by atoms with Crippen molar-refractivity contribution < 1.29 is 9.59 Å². The quantitative estimate of drug-likeness (QED) is 0.807. The average Bonchev–Trinajstić information content (AvgIpc) is 2.80. The highest BCUT2D eigenvalue weighted by atomic mass is 32.1. The Bertz CT molecular complexity index is 387. The molecule has 5 heteroatoms. The summed E-state index contributed by atoms with van der Waals surface area (Å²) in [5.41, 5.74) is 5.76. The summed E-state index contributed by atoms with van der Waals surface area (Å²) in [5, 5.41) is 1.84. The summed E-state index contributed by atoms with van der Waals surface area (Å²) >= 11 is 1.38. The highest BCUT2D eigenvalue weighted by Crippen LogP contribution is 2.10. The molecule has 0 aromatic carbocycles. The number of rotatable bonds is 5. The van der Waals surface area contributed by atoms with Gasteiger partial charge in [0.1, 0.15) is 0 Å². The number of carbonyl (C=O) groups is 2. The Balaban J connectivity index is 2.58. The second-order valence-corrected chi connectivity index (χ2v) is 5.31. The molecule has 0 saturated heterocycles. The van der Waals surface area contributed by atoms with Gasteiger partial charge in [0.2, 0.25) is 5.91 Å². The predicted octanol–water partition coefficient (Wildman–Crippen LogP) is 1.37. The van der Waals surface area contributed by atoms with E-state index in [0.717, 1.165) is 0 Å². The van der Waals surface area contributed by atoms with E-state index in [2.05, 4.69) is 0 Å². The van der Waals surface area contributed by atoms with Crippen molar-refractivity contribution in [2.45, 2.75) is 19.9 Å². The van der Waals surface area contributed by atoms with Crippen LogP contribution >= 0.6 is 11.3 Å². The minimum atomic E-state index is -0.545. The number of hydrogen-bond acceptors (Lipinski definition) is 4. The molecule has 0 bridgehead atoms. The second-order valence-electron chi connectivity index (χ2n) is 4.36. The predicted molar refractivity (Wildman–Crippen MR) is 69.1 cm³/mol. The van der Waals surface area contributed by atoms with Gasteiger partial charge in [-0.2, -0.15) is 0 Å². The van der Waals surface area contributed by atoms with Crippen LogP contribution in [0, 0.1) is 5.92 Å². The Labute approximate surface area is 105 Å². The number of nitrogens with zero attached hydrogens (tertiary/aromatic N) is 1. The van der Waals surface area contributed by atoms with Gasteiger partial charge in [0.15, 0.2) is 5.78 Å². The van der Waals surface area contributed by atoms with E-state index in [0.29, 0.717) is 4.88 Å². The fourth-order valence-corrected chi connectivity index (χ4v) is 2.00. The molecular weight excluding hydrogens is 236 g/mol. The van der Waals surface area contributed by atoms with Crippen LogP contribution in [-0.2, 0) is 4.79 Å². The molecule has 1 heterocycles. The summed E-state index contributed by atoms with van der Waals surface area (Å²) in [6.07, 6.45) is 0. The molecule has 4 nitrogen and oxygen atoms in total. The number of hydrogen-bond donors (Lipinski definition) is 1. The van der Waals surface area contributed by atoms with E-state index in [-0.39, 0.29) is 24.2 Å². The standard InChI is InChI=1S/C12H18N2O2S/c1-8(2)11(13)12(16)14(3)7-9(15)10-5-4-6-17-10/h4-6,8,11H,7,13H2,1-3H3/t11-/m0/s1. The third kappa shape index (κ3) is 3.64. The molecule has 2 N–H and O–H groups in total. The van der Waals surface area contributed by atoms with Crippen molar-refractivity contribution in [1.82, 2.24) is 4.90 Å². The van der Waals surface area contributed by atoms with E-state index in [1.54, 1.807) is 13.1 Å². The molecule has 1 atom stereocenters. The first-order valence-electron chi connectivity index (χ1n) is 5.50. The van der Waals surface area contributed by atoms with Crippen molar-refractivity contribution >= 4 is 23.0 Å². The van der Waals surface area contributed by atoms with Gasteiger partial charge in [0.25, 0.3) is 0 Å². The molecule has 1 amide bonds. The van der Waals surface area contributed by atoms with Gasteiger partial charge in [-0.1, -0.05) is 19.9 Å². The van der Waals surface area contributed by atoms with Crippen molar-refractivity contribution in [1.29, 1.82) is 0 Å². The van der Waals surface area contributed by atoms with E-state index in [9.17, 15) is 9.59 Å². The monoisotopic (exact) mass is 254 g/mol. The molecule has 94 valence electrons. The Morgan fingerprint density at radius 1 is 1.47 bits per heavy atom. The van der Waals surface area contributed by atoms with Crippen LogP contribution in [0.1, 0.15) is 23.5 Å². The summed E-state index contributed by atoms with van der Waals surface area (Å²) in [7, 11) is 1.61. The Morgan fingerprint density at radius 2 is 2.12 bits per heavy atom. The van der Waals surface area contributed by atoms with Crippen LogP contribution < -0.4 is 5.73 Å². The molecule has 0 aliphatic rings. The lowest BCUT2D eigenvalue weighted by molar-refractivity contribution is -0.131. The van der Waals surface area contributed by atoms with Crippen molar-refractivity contribution in [3.05, 3.63) is 22.4 Å². The van der Waals surface area contributed by atoms with Crippen LogP contribution in [0.3, 0.4) is 0 Å². The summed E-state index contributed by atoms with van der Waals surface area (Å²) < 4.78 is 0. The zero-order valence-electron chi connectivity index (χ0n) is 10.3. The van der Waals surface area contributed by atoms with Crippen LogP contribution in [0.25, 0.3) is 0 Å². The van der Waals surface area contributed by atoms with Gasteiger partial charge in [-0.15, -0.1) is 11.3 Å². The number of likely N-dealkylation sites (N-methyl/N-ethyl adjacent to an activating group) is 1. The summed E-state index contributed by atoms with van der Waals surface area (Å²) in [4.78, 5) is 25.7. The van der Waals surface area contributed by atoms with Crippen molar-refractivity contribution in [3.63, 3.8) is 0 Å². The molecule has 0 unspecified atom stereocenters. The van der Waals surface area contributed by atoms with Crippen LogP contribution in [0.2, 0.25) is 0 Å². The Morgan fingerprint density at radius 3 is 2.59 bits per heavy atom. The van der Waals surface area contributed by atoms with Gasteiger partial charge in [0.05, 0.1) is 17.5 Å². The van der Waals surface area contributed by atoms with E-state index in [1.165, 1.54) is 16.2 Å². The maximum atomic E-state index is 11.8. The number of carbonyl (C=O) groups excluding carboxylic acids is 2. The lowest BCUT2D eigenvalue weighted by Gasteiger charge is -2.22. The third-order valence-electron chi connectivity index (χ3n) is 2.56. The first-order chi connectivity index (χ1) is 7.93. The lowest BCUT2D eigenvalue weighted by atomic mass is 10.0. The van der Waals surface area contributed by atoms with E-state index < -0.39 is 6.04 Å². The number of amides is 1. The van der Waals surface area contributed by atoms with E-state index >= 15 is 0 Å². The maximum Gasteiger partial charge on any atom is 0.239 e. The first-order valence-corrected chi connectivity index (χ1v) is 6.38. The molecular formula is C12H18N2O2S. The van der Waals surface area contributed by atoms with Crippen molar-refractivity contribution in [3.8, 4) is 0 Å². The summed E-state index contributed by atoms with van der Waals surface area (Å²) in [6, 6.07) is 3.03. The Hall–Kier alpha value is -1.20. The molecule has 0 fully saturated rings.